The number of nitro groups is 1. The zero-order valence-electron chi connectivity index (χ0n) is 24.8. The van der Waals surface area contributed by atoms with E-state index in [0.717, 1.165) is 23.5 Å². The lowest BCUT2D eigenvalue weighted by molar-refractivity contribution is -0.384. The number of imidazole rings is 1. The molecule has 2 aliphatic rings. The third-order valence-electron chi connectivity index (χ3n) is 8.89. The van der Waals surface area contributed by atoms with Crippen molar-refractivity contribution >= 4 is 51.8 Å². The van der Waals surface area contributed by atoms with Crippen LogP contribution in [-0.4, -0.2) is 75.4 Å². The number of amides is 1. The molecule has 45 heavy (non-hydrogen) atoms. The summed E-state index contributed by atoms with van der Waals surface area (Å²) in [6.07, 6.45) is 1.41. The molecule has 4 aromatic rings. The number of rotatable bonds is 10. The van der Waals surface area contributed by atoms with E-state index in [2.05, 4.69) is 37.7 Å². The number of piperidine rings is 2. The van der Waals surface area contributed by atoms with Crippen LogP contribution in [-0.2, 0) is 16.1 Å². The van der Waals surface area contributed by atoms with Crippen LogP contribution in [0.3, 0.4) is 0 Å². The number of benzene rings is 2. The van der Waals surface area contributed by atoms with Crippen molar-refractivity contribution in [2.24, 2.45) is 11.8 Å². The van der Waals surface area contributed by atoms with Gasteiger partial charge >= 0.3 is 12.1 Å². The molecule has 1 atom stereocenters. The smallest absolute Gasteiger partial charge is 0.407 e. The third kappa shape index (κ3) is 6.88. The minimum atomic E-state index is -0.962. The number of para-hydroxylation sites is 4. The van der Waals surface area contributed by atoms with E-state index in [1.807, 2.05) is 18.2 Å². The first-order valence-corrected chi connectivity index (χ1v) is 16.2. The van der Waals surface area contributed by atoms with E-state index < -0.39 is 17.1 Å². The summed E-state index contributed by atoms with van der Waals surface area (Å²) in [7, 11) is 0. The number of ether oxygens (including phenoxy) is 1. The predicted molar refractivity (Wildman–Crippen MR) is 172 cm³/mol. The number of carboxylic acid groups (broad SMARTS) is 1. The minimum Gasteiger partial charge on any atom is -0.465 e. The monoisotopic (exact) mass is 632 g/mol. The second-order valence-electron chi connectivity index (χ2n) is 11.6. The van der Waals surface area contributed by atoms with Crippen LogP contribution in [0.4, 0.5) is 22.1 Å². The van der Waals surface area contributed by atoms with Gasteiger partial charge in [-0.25, -0.2) is 9.78 Å². The van der Waals surface area contributed by atoms with E-state index >= 15 is 0 Å². The number of thiophene rings is 1. The number of aromatic nitrogens is 2. The number of hydrogen-bond donors (Lipinski definition) is 2. The summed E-state index contributed by atoms with van der Waals surface area (Å²) in [6, 6.07) is 16.2. The highest BCUT2D eigenvalue weighted by Gasteiger charge is 2.33. The number of esters is 1. The van der Waals surface area contributed by atoms with Crippen LogP contribution < -0.4 is 10.2 Å². The van der Waals surface area contributed by atoms with Crippen molar-refractivity contribution in [1.82, 2.24) is 14.5 Å². The zero-order valence-corrected chi connectivity index (χ0v) is 25.6. The van der Waals surface area contributed by atoms with Gasteiger partial charge in [-0.1, -0.05) is 24.3 Å². The quantitative estimate of drug-likeness (QED) is 0.128. The molecule has 1 unspecified atom stereocenters. The fraction of sp³-hybridized carbons (Fsp3) is 0.406. The topological polar surface area (TPSA) is 143 Å². The van der Waals surface area contributed by atoms with Gasteiger partial charge in [-0.15, -0.1) is 0 Å². The molecule has 13 heteroatoms. The Morgan fingerprint density at radius 2 is 1.78 bits per heavy atom. The predicted octanol–water partition coefficient (Wildman–Crippen LogP) is 5.68. The molecule has 0 spiro atoms. The van der Waals surface area contributed by atoms with Crippen LogP contribution in [0, 0.1) is 22.0 Å². The summed E-state index contributed by atoms with van der Waals surface area (Å²) in [6.45, 7) is 2.81. The second-order valence-corrected chi connectivity index (χ2v) is 12.4. The van der Waals surface area contributed by atoms with Crippen LogP contribution in [0.25, 0.3) is 11.0 Å². The number of carbonyl (C=O) groups excluding carboxylic acids is 1. The van der Waals surface area contributed by atoms with E-state index in [0.29, 0.717) is 57.5 Å². The van der Waals surface area contributed by atoms with Crippen molar-refractivity contribution in [2.45, 2.75) is 38.3 Å². The molecule has 2 aromatic heterocycles. The van der Waals surface area contributed by atoms with Crippen molar-refractivity contribution in [3.05, 3.63) is 81.0 Å². The molecular weight excluding hydrogens is 596 g/mol. The maximum Gasteiger partial charge on any atom is 0.407 e. The van der Waals surface area contributed by atoms with E-state index in [9.17, 15) is 24.8 Å². The molecule has 6 rings (SSSR count). The first-order chi connectivity index (χ1) is 21.9. The Labute approximate surface area is 264 Å². The number of likely N-dealkylation sites (tertiary alicyclic amines) is 1. The molecular formula is C32H36N6O6S. The van der Waals surface area contributed by atoms with Crippen LogP contribution in [0.15, 0.2) is 65.4 Å². The molecule has 2 fully saturated rings. The SMILES string of the molecule is O=C(OCC(Nc1ccccc1[N+](=O)[O-])C1CCN(C(=O)O)CC1)C1CCN(c2nc3ccccc3n2Cc2ccsc2)CC1. The molecule has 0 saturated carbocycles. The summed E-state index contributed by atoms with van der Waals surface area (Å²) >= 11 is 1.67. The van der Waals surface area contributed by atoms with Gasteiger partial charge in [0.25, 0.3) is 5.69 Å². The summed E-state index contributed by atoms with van der Waals surface area (Å²) < 4.78 is 8.13. The molecule has 1 amide bonds. The highest BCUT2D eigenvalue weighted by Crippen LogP contribution is 2.31. The average molecular weight is 633 g/mol. The van der Waals surface area contributed by atoms with Crippen molar-refractivity contribution in [3.8, 4) is 0 Å². The summed E-state index contributed by atoms with van der Waals surface area (Å²) in [4.78, 5) is 44.5. The number of nitrogens with one attached hydrogen (secondary N) is 1. The van der Waals surface area contributed by atoms with Gasteiger partial charge in [0.05, 0.1) is 34.5 Å². The van der Waals surface area contributed by atoms with Crippen LogP contribution >= 0.6 is 11.3 Å². The first-order valence-electron chi connectivity index (χ1n) is 15.2. The second kappa shape index (κ2) is 13.6. The molecule has 0 aliphatic carbocycles. The van der Waals surface area contributed by atoms with Crippen molar-refractivity contribution in [1.29, 1.82) is 0 Å². The highest BCUT2D eigenvalue weighted by atomic mass is 32.1. The summed E-state index contributed by atoms with van der Waals surface area (Å²) in [5, 5.41) is 28.5. The Balaban J connectivity index is 1.11. The maximum absolute atomic E-state index is 13.3. The molecule has 12 nitrogen and oxygen atoms in total. The Kier molecular flexibility index (Phi) is 9.15. The standard InChI is InChI=1S/C32H36N6O6S/c39-30(44-20-27(23-9-16-36(17-10-23)32(40)41)33-26-6-2-4-8-29(26)38(42)43)24-11-14-35(15-12-24)31-34-25-5-1-3-7-28(25)37(31)19-22-13-18-45-21-22/h1-8,13,18,21,23-24,27,33H,9-12,14-17,19-20H2,(H,40,41). The lowest BCUT2D eigenvalue weighted by Gasteiger charge is -2.36. The molecule has 0 bridgehead atoms. The molecule has 2 N–H and O–H groups in total. The largest absolute Gasteiger partial charge is 0.465 e. The van der Waals surface area contributed by atoms with E-state index in [1.54, 1.807) is 29.5 Å². The van der Waals surface area contributed by atoms with Gasteiger partial charge < -0.3 is 29.5 Å². The zero-order chi connectivity index (χ0) is 31.3. The lowest BCUT2D eigenvalue weighted by atomic mass is 9.89. The van der Waals surface area contributed by atoms with Gasteiger partial charge in [-0.2, -0.15) is 11.3 Å². The Hall–Kier alpha value is -4.65. The van der Waals surface area contributed by atoms with Crippen molar-refractivity contribution in [2.75, 3.05) is 43.0 Å². The molecule has 4 heterocycles. The van der Waals surface area contributed by atoms with E-state index in [1.165, 1.54) is 16.5 Å². The molecule has 2 aromatic carbocycles. The lowest BCUT2D eigenvalue weighted by Crippen LogP contribution is -2.45. The van der Waals surface area contributed by atoms with Crippen LogP contribution in [0.5, 0.6) is 0 Å². The van der Waals surface area contributed by atoms with Crippen LogP contribution in [0.2, 0.25) is 0 Å². The maximum atomic E-state index is 13.3. The fourth-order valence-electron chi connectivity index (χ4n) is 6.37. The normalized spacial score (nSPS) is 16.9. The highest BCUT2D eigenvalue weighted by molar-refractivity contribution is 7.07. The summed E-state index contributed by atoms with van der Waals surface area (Å²) in [5.74, 6) is 0.331. The number of hydrogen-bond acceptors (Lipinski definition) is 9. The third-order valence-corrected chi connectivity index (χ3v) is 9.62. The van der Waals surface area contributed by atoms with E-state index in [-0.39, 0.29) is 30.1 Å². The van der Waals surface area contributed by atoms with E-state index in [4.69, 9.17) is 9.72 Å². The van der Waals surface area contributed by atoms with Gasteiger partial charge in [0.1, 0.15) is 12.3 Å². The number of carbonyl (C=O) groups is 2. The number of nitro benzene ring substituents is 1. The van der Waals surface area contributed by atoms with Gasteiger partial charge in [-0.05, 0) is 72.2 Å². The molecule has 236 valence electrons. The van der Waals surface area contributed by atoms with Gasteiger partial charge in [0.2, 0.25) is 5.95 Å². The summed E-state index contributed by atoms with van der Waals surface area (Å²) in [5.41, 5.74) is 3.53. The molecule has 2 aliphatic heterocycles. The Bertz CT molecular complexity index is 1640. The number of nitrogens with zero attached hydrogens (tertiary/aromatic N) is 5. The van der Waals surface area contributed by atoms with Crippen LogP contribution in [0.1, 0.15) is 31.2 Å². The number of anilines is 2. The first kappa shape index (κ1) is 30.4. The molecule has 0 radical (unpaired) electrons. The average Bonchev–Trinajstić information content (AvgIpc) is 3.71. The van der Waals surface area contributed by atoms with Gasteiger partial charge in [0.15, 0.2) is 0 Å². The number of fused-ring (bicyclic) bond motifs is 1. The minimum absolute atomic E-state index is 0.0220. The van der Waals surface area contributed by atoms with Crippen molar-refractivity contribution in [3.63, 3.8) is 0 Å². The van der Waals surface area contributed by atoms with Gasteiger partial charge in [-0.3, -0.25) is 14.9 Å². The molecule has 2 saturated heterocycles. The Morgan fingerprint density at radius 3 is 2.49 bits per heavy atom. The fourth-order valence-corrected chi connectivity index (χ4v) is 7.03. The van der Waals surface area contributed by atoms with Crippen molar-refractivity contribution < 1.29 is 24.4 Å². The Morgan fingerprint density at radius 1 is 1.04 bits per heavy atom. The van der Waals surface area contributed by atoms with Gasteiger partial charge in [0, 0.05) is 32.2 Å².